The fraction of sp³-hybridized carbons (Fsp3) is 0.714. The summed E-state index contributed by atoms with van der Waals surface area (Å²) < 4.78 is 9.90. The predicted molar refractivity (Wildman–Crippen MR) is 35.9 cm³/mol. The van der Waals surface area contributed by atoms with Gasteiger partial charge >= 0.3 is 0 Å². The maximum atomic E-state index is 5.09. The molecule has 0 saturated carbocycles. The van der Waals surface area contributed by atoms with Crippen LogP contribution in [0.2, 0.25) is 0 Å². The maximum absolute atomic E-state index is 5.09. The van der Waals surface area contributed by atoms with Gasteiger partial charge in [0, 0.05) is 7.11 Å². The lowest BCUT2D eigenvalue weighted by molar-refractivity contribution is -0.124. The molecule has 0 fully saturated rings. The van der Waals surface area contributed by atoms with E-state index in [0.29, 0.717) is 0 Å². The van der Waals surface area contributed by atoms with Crippen molar-refractivity contribution in [1.82, 2.24) is 0 Å². The average Bonchev–Trinajstić information content (AvgIpc) is 1.87. The molecule has 0 rings (SSSR count). The van der Waals surface area contributed by atoms with Crippen LogP contribution in [0, 0.1) is 12.3 Å². The molecule has 0 radical (unpaired) electrons. The van der Waals surface area contributed by atoms with Gasteiger partial charge < -0.3 is 9.47 Å². The van der Waals surface area contributed by atoms with E-state index in [4.69, 9.17) is 15.9 Å². The molecule has 0 aliphatic heterocycles. The van der Waals surface area contributed by atoms with Gasteiger partial charge in [0.25, 0.3) is 0 Å². The van der Waals surface area contributed by atoms with Crippen LogP contribution in [-0.4, -0.2) is 19.5 Å². The van der Waals surface area contributed by atoms with Crippen LogP contribution in [0.1, 0.15) is 13.8 Å². The van der Waals surface area contributed by atoms with Crippen molar-refractivity contribution < 1.29 is 9.47 Å². The minimum atomic E-state index is -0.212. The molecule has 0 N–H and O–H groups in total. The molecule has 0 aliphatic rings. The Labute approximate surface area is 56.2 Å². The Morgan fingerprint density at radius 3 is 2.33 bits per heavy atom. The van der Waals surface area contributed by atoms with Crippen LogP contribution in [0.3, 0.4) is 0 Å². The van der Waals surface area contributed by atoms with Gasteiger partial charge in [-0.25, -0.2) is 0 Å². The van der Waals surface area contributed by atoms with Gasteiger partial charge in [-0.2, -0.15) is 0 Å². The number of ether oxygens (including phenoxy) is 2. The van der Waals surface area contributed by atoms with Crippen LogP contribution in [0.25, 0.3) is 0 Å². The zero-order valence-corrected chi connectivity index (χ0v) is 6.05. The highest BCUT2D eigenvalue weighted by molar-refractivity contribution is 4.91. The van der Waals surface area contributed by atoms with Crippen LogP contribution in [0.5, 0.6) is 0 Å². The van der Waals surface area contributed by atoms with E-state index in [-0.39, 0.29) is 12.4 Å². The van der Waals surface area contributed by atoms with E-state index < -0.39 is 0 Å². The van der Waals surface area contributed by atoms with Gasteiger partial charge in [0.05, 0.1) is 0 Å². The van der Waals surface area contributed by atoms with Crippen molar-refractivity contribution in [2.45, 2.75) is 26.2 Å². The average molecular weight is 128 g/mol. The zero-order valence-electron chi connectivity index (χ0n) is 6.05. The minimum absolute atomic E-state index is 0.167. The molecule has 9 heavy (non-hydrogen) atoms. The third-order valence-corrected chi connectivity index (χ3v) is 0.962. The molecule has 2 atom stereocenters. The minimum Gasteiger partial charge on any atom is -0.356 e. The number of terminal acetylenes is 1. The lowest BCUT2D eigenvalue weighted by atomic mass is 10.4. The molecule has 52 valence electrons. The summed E-state index contributed by atoms with van der Waals surface area (Å²) in [6, 6.07) is 0. The number of rotatable bonds is 3. The topological polar surface area (TPSA) is 18.5 Å². The van der Waals surface area contributed by atoms with Crippen molar-refractivity contribution in [2.24, 2.45) is 0 Å². The highest BCUT2D eigenvalue weighted by Gasteiger charge is 2.01. The molecule has 0 amide bonds. The van der Waals surface area contributed by atoms with Gasteiger partial charge in [-0.05, 0) is 13.8 Å². The van der Waals surface area contributed by atoms with Crippen molar-refractivity contribution in [2.75, 3.05) is 7.11 Å². The first kappa shape index (κ1) is 8.48. The molecule has 0 spiro atoms. The lowest BCUT2D eigenvalue weighted by Gasteiger charge is -2.12. The largest absolute Gasteiger partial charge is 0.356 e. The van der Waals surface area contributed by atoms with Gasteiger partial charge in [-0.3, -0.25) is 0 Å². The second kappa shape index (κ2) is 4.37. The first-order valence-corrected chi connectivity index (χ1v) is 2.85. The first-order chi connectivity index (χ1) is 4.20. The van der Waals surface area contributed by atoms with E-state index in [9.17, 15) is 0 Å². The summed E-state index contributed by atoms with van der Waals surface area (Å²) in [5.74, 6) is 2.43. The third-order valence-electron chi connectivity index (χ3n) is 0.962. The van der Waals surface area contributed by atoms with E-state index >= 15 is 0 Å². The van der Waals surface area contributed by atoms with Crippen LogP contribution in [-0.2, 0) is 9.47 Å². The van der Waals surface area contributed by atoms with Gasteiger partial charge in [0.2, 0.25) is 0 Å². The van der Waals surface area contributed by atoms with Gasteiger partial charge in [-0.15, -0.1) is 6.42 Å². The van der Waals surface area contributed by atoms with Crippen molar-refractivity contribution in [3.05, 3.63) is 0 Å². The van der Waals surface area contributed by atoms with Crippen LogP contribution >= 0.6 is 0 Å². The Hall–Kier alpha value is -0.520. The number of hydrogen-bond acceptors (Lipinski definition) is 2. The molecule has 0 aliphatic carbocycles. The Morgan fingerprint density at radius 2 is 2.00 bits per heavy atom. The van der Waals surface area contributed by atoms with Crippen LogP contribution in [0.4, 0.5) is 0 Å². The van der Waals surface area contributed by atoms with Crippen molar-refractivity contribution in [1.29, 1.82) is 0 Å². The van der Waals surface area contributed by atoms with E-state index in [1.165, 1.54) is 0 Å². The van der Waals surface area contributed by atoms with Crippen LogP contribution < -0.4 is 0 Å². The van der Waals surface area contributed by atoms with E-state index in [0.717, 1.165) is 0 Å². The lowest BCUT2D eigenvalue weighted by Crippen LogP contribution is -2.16. The highest BCUT2D eigenvalue weighted by Crippen LogP contribution is 1.95. The molecule has 0 bridgehead atoms. The third kappa shape index (κ3) is 4.01. The molecular weight excluding hydrogens is 116 g/mol. The normalized spacial score (nSPS) is 16.2. The van der Waals surface area contributed by atoms with E-state index in [1.54, 1.807) is 21.0 Å². The molecule has 2 nitrogen and oxygen atoms in total. The predicted octanol–water partition coefficient (Wildman–Crippen LogP) is 1.02. The van der Waals surface area contributed by atoms with E-state index in [2.05, 4.69) is 5.92 Å². The number of methoxy groups -OCH3 is 1. The fourth-order valence-electron chi connectivity index (χ4n) is 0.382. The summed E-state index contributed by atoms with van der Waals surface area (Å²) in [6.07, 6.45) is 4.67. The van der Waals surface area contributed by atoms with Crippen LogP contribution in [0.15, 0.2) is 0 Å². The Kier molecular flexibility index (Phi) is 4.12. The quantitative estimate of drug-likeness (QED) is 0.417. The summed E-state index contributed by atoms with van der Waals surface area (Å²) >= 11 is 0. The monoisotopic (exact) mass is 128 g/mol. The van der Waals surface area contributed by atoms with Crippen molar-refractivity contribution >= 4 is 0 Å². The summed E-state index contributed by atoms with van der Waals surface area (Å²) in [4.78, 5) is 0. The van der Waals surface area contributed by atoms with Crippen molar-refractivity contribution in [3.63, 3.8) is 0 Å². The summed E-state index contributed by atoms with van der Waals surface area (Å²) in [5, 5.41) is 0. The Balaban J connectivity index is 3.37. The van der Waals surface area contributed by atoms with Gasteiger partial charge in [0.1, 0.15) is 6.10 Å². The van der Waals surface area contributed by atoms with Gasteiger partial charge in [0.15, 0.2) is 6.29 Å². The molecule has 2 heteroatoms. The maximum Gasteiger partial charge on any atom is 0.156 e. The molecule has 0 aromatic carbocycles. The van der Waals surface area contributed by atoms with E-state index in [1.807, 2.05) is 0 Å². The smallest absolute Gasteiger partial charge is 0.156 e. The first-order valence-electron chi connectivity index (χ1n) is 2.85. The standard InChI is InChI=1S/C7H12O2/c1-5-6(2)9-7(3)8-4/h1,6-7H,2-4H3. The summed E-state index contributed by atoms with van der Waals surface area (Å²) in [5.41, 5.74) is 0. The summed E-state index contributed by atoms with van der Waals surface area (Å²) in [7, 11) is 1.58. The molecule has 0 aromatic heterocycles. The van der Waals surface area contributed by atoms with Crippen molar-refractivity contribution in [3.8, 4) is 12.3 Å². The number of hydrogen-bond donors (Lipinski definition) is 0. The zero-order chi connectivity index (χ0) is 7.28. The SMILES string of the molecule is C#CC(C)OC(C)OC. The molecule has 2 unspecified atom stereocenters. The second-order valence-corrected chi connectivity index (χ2v) is 1.75. The fourth-order valence-corrected chi connectivity index (χ4v) is 0.382. The molecule has 0 heterocycles. The second-order valence-electron chi connectivity index (χ2n) is 1.75. The molecule has 0 saturated heterocycles. The highest BCUT2D eigenvalue weighted by atomic mass is 16.7. The van der Waals surface area contributed by atoms with Gasteiger partial charge in [-0.1, -0.05) is 5.92 Å². The summed E-state index contributed by atoms with van der Waals surface area (Å²) in [6.45, 7) is 3.60. The Morgan fingerprint density at radius 1 is 1.44 bits per heavy atom. The Bertz CT molecular complexity index is 104. The molecular formula is C7H12O2. The molecule has 0 aromatic rings.